The molecule has 4 heterocycles. The van der Waals surface area contributed by atoms with Gasteiger partial charge in [0, 0.05) is 43.8 Å². The lowest BCUT2D eigenvalue weighted by Gasteiger charge is -2.36. The molecular weight excluding hydrogens is 432 g/mol. The second-order valence-electron chi connectivity index (χ2n) is 8.29. The van der Waals surface area contributed by atoms with Crippen molar-refractivity contribution in [1.29, 1.82) is 0 Å². The zero-order chi connectivity index (χ0) is 23.1. The fourth-order valence-electron chi connectivity index (χ4n) is 4.45. The Hall–Kier alpha value is -4.18. The number of fused-ring (bicyclic) bond motifs is 2. The number of piperazine rings is 1. The van der Waals surface area contributed by atoms with Crippen LogP contribution < -0.4 is 9.80 Å². The van der Waals surface area contributed by atoms with E-state index in [9.17, 15) is 10.2 Å². The van der Waals surface area contributed by atoms with E-state index in [1.54, 1.807) is 18.5 Å². The van der Waals surface area contributed by atoms with Crippen LogP contribution in [0.3, 0.4) is 0 Å². The molecule has 1 aliphatic rings. The normalized spacial score (nSPS) is 14.4. The van der Waals surface area contributed by atoms with Crippen LogP contribution >= 0.6 is 0 Å². The smallest absolute Gasteiger partial charge is 0.229 e. The van der Waals surface area contributed by atoms with Crippen LogP contribution in [0.5, 0.6) is 5.75 Å². The summed E-state index contributed by atoms with van der Waals surface area (Å²) in [6.07, 6.45) is 3.52. The number of anilines is 2. The Balaban J connectivity index is 1.38. The molecule has 0 spiro atoms. The van der Waals surface area contributed by atoms with Gasteiger partial charge in [0.2, 0.25) is 5.95 Å². The van der Waals surface area contributed by atoms with Gasteiger partial charge in [0.15, 0.2) is 17.0 Å². The summed E-state index contributed by atoms with van der Waals surface area (Å²) < 4.78 is 3.66. The van der Waals surface area contributed by atoms with Crippen molar-refractivity contribution in [3.63, 3.8) is 0 Å². The Morgan fingerprint density at radius 2 is 1.65 bits per heavy atom. The molecule has 0 radical (unpaired) electrons. The molecule has 2 aromatic carbocycles. The summed E-state index contributed by atoms with van der Waals surface area (Å²) in [7, 11) is 0. The standard InChI is InChI=1S/C24H24N8O2/c33-14-13-31-16-25-21-22(31)27-24(28-23(21)32-20-4-2-1-3-17(20)15-26-32)30-11-9-29(10-12-30)18-5-7-19(34)8-6-18/h1-8,15-16,33-34H,9-14H2. The number of imidazole rings is 1. The zero-order valence-electron chi connectivity index (χ0n) is 18.5. The van der Waals surface area contributed by atoms with Crippen LogP contribution in [-0.2, 0) is 6.54 Å². The average molecular weight is 457 g/mol. The minimum Gasteiger partial charge on any atom is -0.508 e. The molecule has 0 unspecified atom stereocenters. The molecular formula is C24H24N8O2. The number of para-hydroxylation sites is 1. The average Bonchev–Trinajstić information content (AvgIpc) is 3.49. The Morgan fingerprint density at radius 3 is 2.44 bits per heavy atom. The molecule has 2 N–H and O–H groups in total. The highest BCUT2D eigenvalue weighted by Gasteiger charge is 2.23. The van der Waals surface area contributed by atoms with Crippen molar-refractivity contribution < 1.29 is 10.2 Å². The molecule has 1 saturated heterocycles. The van der Waals surface area contributed by atoms with Gasteiger partial charge in [-0.1, -0.05) is 18.2 Å². The van der Waals surface area contributed by atoms with Gasteiger partial charge in [-0.25, -0.2) is 9.67 Å². The number of aromatic hydroxyl groups is 1. The molecule has 10 nitrogen and oxygen atoms in total. The maximum Gasteiger partial charge on any atom is 0.229 e. The Kier molecular flexibility index (Phi) is 4.99. The second-order valence-corrected chi connectivity index (χ2v) is 8.29. The minimum atomic E-state index is -0.00384. The molecule has 0 amide bonds. The van der Waals surface area contributed by atoms with Crippen molar-refractivity contribution in [3.8, 4) is 11.6 Å². The van der Waals surface area contributed by atoms with Crippen molar-refractivity contribution in [2.75, 3.05) is 42.6 Å². The summed E-state index contributed by atoms with van der Waals surface area (Å²) in [6, 6.07) is 15.3. The maximum atomic E-state index is 9.57. The summed E-state index contributed by atoms with van der Waals surface area (Å²) in [5, 5.41) is 24.7. The summed E-state index contributed by atoms with van der Waals surface area (Å²) in [5.74, 6) is 1.51. The summed E-state index contributed by atoms with van der Waals surface area (Å²) >= 11 is 0. The molecule has 1 aliphatic heterocycles. The van der Waals surface area contributed by atoms with Gasteiger partial charge in [-0.2, -0.15) is 15.1 Å². The fourth-order valence-corrected chi connectivity index (χ4v) is 4.45. The number of aliphatic hydroxyl groups excluding tert-OH is 1. The van der Waals surface area contributed by atoms with Gasteiger partial charge in [-0.15, -0.1) is 0 Å². The van der Waals surface area contributed by atoms with E-state index in [1.807, 2.05) is 51.8 Å². The Bertz CT molecular complexity index is 1450. The van der Waals surface area contributed by atoms with E-state index in [2.05, 4.69) is 19.9 Å². The first-order chi connectivity index (χ1) is 16.7. The summed E-state index contributed by atoms with van der Waals surface area (Å²) in [4.78, 5) is 18.8. The largest absolute Gasteiger partial charge is 0.508 e. The van der Waals surface area contributed by atoms with Crippen LogP contribution in [0.25, 0.3) is 27.9 Å². The van der Waals surface area contributed by atoms with Crippen molar-refractivity contribution in [2.45, 2.75) is 6.54 Å². The van der Waals surface area contributed by atoms with E-state index >= 15 is 0 Å². The van der Waals surface area contributed by atoms with E-state index in [0.717, 1.165) is 42.8 Å². The van der Waals surface area contributed by atoms with Crippen molar-refractivity contribution >= 4 is 33.7 Å². The highest BCUT2D eigenvalue weighted by Crippen LogP contribution is 2.26. The number of rotatable bonds is 5. The second kappa shape index (κ2) is 8.31. The van der Waals surface area contributed by atoms with Crippen LogP contribution in [0, 0.1) is 0 Å². The third-order valence-corrected chi connectivity index (χ3v) is 6.23. The molecule has 3 aromatic heterocycles. The molecule has 1 fully saturated rings. The lowest BCUT2D eigenvalue weighted by atomic mass is 10.2. The number of aliphatic hydroxyl groups is 1. The first kappa shape index (κ1) is 20.4. The van der Waals surface area contributed by atoms with Crippen molar-refractivity contribution in [1.82, 2.24) is 29.3 Å². The number of nitrogens with zero attached hydrogens (tertiary/aromatic N) is 8. The minimum absolute atomic E-state index is 0.00384. The van der Waals surface area contributed by atoms with Gasteiger partial charge in [-0.3, -0.25) is 0 Å². The van der Waals surface area contributed by atoms with Crippen LogP contribution in [-0.4, -0.2) is 72.3 Å². The topological polar surface area (TPSA) is 108 Å². The van der Waals surface area contributed by atoms with Crippen LogP contribution in [0.2, 0.25) is 0 Å². The number of phenols is 1. The third-order valence-electron chi connectivity index (χ3n) is 6.23. The van der Waals surface area contributed by atoms with E-state index < -0.39 is 0 Å². The van der Waals surface area contributed by atoms with E-state index in [0.29, 0.717) is 29.5 Å². The predicted molar refractivity (Wildman–Crippen MR) is 130 cm³/mol. The first-order valence-electron chi connectivity index (χ1n) is 11.3. The number of hydrogen-bond acceptors (Lipinski definition) is 8. The molecule has 172 valence electrons. The Labute approximate surface area is 195 Å². The Morgan fingerprint density at radius 1 is 0.882 bits per heavy atom. The SMILES string of the molecule is OCCn1cnc2c(-n3ncc4ccccc43)nc(N3CCN(c4ccc(O)cc4)CC3)nc21. The molecule has 10 heteroatoms. The van der Waals surface area contributed by atoms with Gasteiger partial charge in [-0.05, 0) is 30.3 Å². The van der Waals surface area contributed by atoms with E-state index in [-0.39, 0.29) is 12.4 Å². The number of hydrogen-bond donors (Lipinski definition) is 2. The fraction of sp³-hybridized carbons (Fsp3) is 0.250. The molecule has 0 aliphatic carbocycles. The van der Waals surface area contributed by atoms with Gasteiger partial charge in [0.25, 0.3) is 0 Å². The summed E-state index contributed by atoms with van der Waals surface area (Å²) in [6.45, 7) is 3.51. The number of aromatic nitrogens is 6. The molecule has 0 saturated carbocycles. The molecule has 34 heavy (non-hydrogen) atoms. The van der Waals surface area contributed by atoms with Crippen LogP contribution in [0.1, 0.15) is 0 Å². The summed E-state index contributed by atoms with van der Waals surface area (Å²) in [5.41, 5.74) is 3.35. The van der Waals surface area contributed by atoms with E-state index in [1.165, 1.54) is 0 Å². The van der Waals surface area contributed by atoms with Gasteiger partial charge >= 0.3 is 0 Å². The van der Waals surface area contributed by atoms with Crippen LogP contribution in [0.4, 0.5) is 11.6 Å². The molecule has 0 bridgehead atoms. The van der Waals surface area contributed by atoms with Gasteiger partial charge in [0.1, 0.15) is 5.75 Å². The van der Waals surface area contributed by atoms with Crippen LogP contribution in [0.15, 0.2) is 61.1 Å². The zero-order valence-corrected chi connectivity index (χ0v) is 18.5. The number of phenolic OH excluding ortho intramolecular Hbond substituents is 1. The monoisotopic (exact) mass is 456 g/mol. The lowest BCUT2D eigenvalue weighted by molar-refractivity contribution is 0.277. The number of benzene rings is 2. The van der Waals surface area contributed by atoms with Gasteiger partial charge < -0.3 is 24.6 Å². The van der Waals surface area contributed by atoms with E-state index in [4.69, 9.17) is 9.97 Å². The molecule has 6 rings (SSSR count). The first-order valence-corrected chi connectivity index (χ1v) is 11.3. The highest BCUT2D eigenvalue weighted by molar-refractivity contribution is 5.85. The van der Waals surface area contributed by atoms with Crippen molar-refractivity contribution in [3.05, 3.63) is 61.1 Å². The predicted octanol–water partition coefficient (Wildman–Crippen LogP) is 2.19. The quantitative estimate of drug-likeness (QED) is 0.414. The third kappa shape index (κ3) is 3.48. The lowest BCUT2D eigenvalue weighted by Crippen LogP contribution is -2.47. The van der Waals surface area contributed by atoms with Crippen molar-refractivity contribution in [2.24, 2.45) is 0 Å². The highest BCUT2D eigenvalue weighted by atomic mass is 16.3. The molecule has 0 atom stereocenters. The molecule has 5 aromatic rings. The van der Waals surface area contributed by atoms with Gasteiger partial charge in [0.05, 0.1) is 24.6 Å². The maximum absolute atomic E-state index is 9.57.